The molecule has 0 bridgehead atoms. The molecule has 0 saturated carbocycles. The molecule has 0 spiro atoms. The fourth-order valence-corrected chi connectivity index (χ4v) is 2.50. The lowest BCUT2D eigenvalue weighted by atomic mass is 10.2. The zero-order valence-electron chi connectivity index (χ0n) is 15.4. The van der Waals surface area contributed by atoms with Gasteiger partial charge in [-0.2, -0.15) is 5.10 Å². The first-order valence-corrected chi connectivity index (χ1v) is 8.67. The SMILES string of the molecule is CCN(CC)c1ccc(C(=O)NN=Cc2ccccc2OCC(=O)O)cc1. The Hall–Kier alpha value is -3.35. The van der Waals surface area contributed by atoms with E-state index in [1.54, 1.807) is 36.4 Å². The molecule has 0 aliphatic rings. The third-order valence-corrected chi connectivity index (χ3v) is 3.90. The number of carboxylic acids is 1. The Balaban J connectivity index is 2.00. The summed E-state index contributed by atoms with van der Waals surface area (Å²) in [4.78, 5) is 25.0. The number of carbonyl (C=O) groups is 2. The van der Waals surface area contributed by atoms with E-state index in [4.69, 9.17) is 9.84 Å². The van der Waals surface area contributed by atoms with Gasteiger partial charge in [-0.1, -0.05) is 12.1 Å². The number of benzene rings is 2. The molecule has 2 aromatic carbocycles. The predicted molar refractivity (Wildman–Crippen MR) is 105 cm³/mol. The molecule has 7 nitrogen and oxygen atoms in total. The van der Waals surface area contributed by atoms with Crippen molar-refractivity contribution < 1.29 is 19.4 Å². The standard InChI is InChI=1S/C20H23N3O4/c1-3-23(4-2)17-11-9-15(10-12-17)20(26)22-21-13-16-7-5-6-8-18(16)27-14-19(24)25/h5-13H,3-4,14H2,1-2H3,(H,22,26)(H,24,25). The Labute approximate surface area is 158 Å². The quantitative estimate of drug-likeness (QED) is 0.524. The van der Waals surface area contributed by atoms with Gasteiger partial charge in [-0.05, 0) is 50.2 Å². The van der Waals surface area contributed by atoms with Gasteiger partial charge in [-0.15, -0.1) is 0 Å². The summed E-state index contributed by atoms with van der Waals surface area (Å²) in [6.07, 6.45) is 1.42. The molecule has 142 valence electrons. The van der Waals surface area contributed by atoms with Crippen LogP contribution in [0.5, 0.6) is 5.75 Å². The number of hydrazone groups is 1. The van der Waals surface area contributed by atoms with E-state index in [0.717, 1.165) is 18.8 Å². The van der Waals surface area contributed by atoms with Gasteiger partial charge in [0.2, 0.25) is 0 Å². The first kappa shape index (κ1) is 20.0. The number of para-hydroxylation sites is 1. The summed E-state index contributed by atoms with van der Waals surface area (Å²) in [6.45, 7) is 5.51. The van der Waals surface area contributed by atoms with Gasteiger partial charge in [0.1, 0.15) is 5.75 Å². The van der Waals surface area contributed by atoms with Crippen LogP contribution in [-0.4, -0.2) is 42.9 Å². The average molecular weight is 369 g/mol. The fraction of sp³-hybridized carbons (Fsp3) is 0.250. The third-order valence-electron chi connectivity index (χ3n) is 3.90. The monoisotopic (exact) mass is 369 g/mol. The van der Waals surface area contributed by atoms with Gasteiger partial charge in [0, 0.05) is 29.9 Å². The van der Waals surface area contributed by atoms with Gasteiger partial charge in [-0.3, -0.25) is 4.79 Å². The molecule has 0 fully saturated rings. The molecule has 0 unspecified atom stereocenters. The summed E-state index contributed by atoms with van der Waals surface area (Å²) < 4.78 is 5.19. The van der Waals surface area contributed by atoms with Crippen LogP contribution in [0.2, 0.25) is 0 Å². The van der Waals surface area contributed by atoms with Crippen molar-refractivity contribution in [2.45, 2.75) is 13.8 Å². The fourth-order valence-electron chi connectivity index (χ4n) is 2.50. The topological polar surface area (TPSA) is 91.2 Å². The van der Waals surface area contributed by atoms with Gasteiger partial charge in [0.25, 0.3) is 5.91 Å². The number of hydrogen-bond donors (Lipinski definition) is 2. The molecular formula is C20H23N3O4. The lowest BCUT2D eigenvalue weighted by Crippen LogP contribution is -2.22. The van der Waals surface area contributed by atoms with Crippen LogP contribution in [0.15, 0.2) is 53.6 Å². The third kappa shape index (κ3) is 5.85. The smallest absolute Gasteiger partial charge is 0.341 e. The van der Waals surface area contributed by atoms with E-state index in [2.05, 4.69) is 29.3 Å². The number of carboxylic acid groups (broad SMARTS) is 1. The van der Waals surface area contributed by atoms with Crippen LogP contribution in [0.4, 0.5) is 5.69 Å². The van der Waals surface area contributed by atoms with Gasteiger partial charge in [0.05, 0.1) is 6.21 Å². The Kier molecular flexibility index (Phi) is 7.37. The Morgan fingerprint density at radius 3 is 2.41 bits per heavy atom. The van der Waals surface area contributed by atoms with Gasteiger partial charge in [0.15, 0.2) is 6.61 Å². The van der Waals surface area contributed by atoms with Crippen molar-refractivity contribution >= 4 is 23.8 Å². The highest BCUT2D eigenvalue weighted by atomic mass is 16.5. The minimum atomic E-state index is -1.07. The largest absolute Gasteiger partial charge is 0.481 e. The maximum absolute atomic E-state index is 12.2. The molecule has 0 aromatic heterocycles. The van der Waals surface area contributed by atoms with Crippen molar-refractivity contribution in [1.29, 1.82) is 0 Å². The summed E-state index contributed by atoms with van der Waals surface area (Å²) in [5.41, 5.74) is 4.59. The van der Waals surface area contributed by atoms with E-state index >= 15 is 0 Å². The highest BCUT2D eigenvalue weighted by molar-refractivity contribution is 5.95. The van der Waals surface area contributed by atoms with Crippen LogP contribution in [0, 0.1) is 0 Å². The first-order chi connectivity index (χ1) is 13.0. The highest BCUT2D eigenvalue weighted by Gasteiger charge is 2.07. The van der Waals surface area contributed by atoms with Crippen molar-refractivity contribution in [3.63, 3.8) is 0 Å². The van der Waals surface area contributed by atoms with Crippen molar-refractivity contribution in [1.82, 2.24) is 5.43 Å². The highest BCUT2D eigenvalue weighted by Crippen LogP contribution is 2.16. The Morgan fingerprint density at radius 2 is 1.78 bits per heavy atom. The molecule has 0 radical (unpaired) electrons. The van der Waals surface area contributed by atoms with Crippen LogP contribution in [0.3, 0.4) is 0 Å². The molecule has 1 amide bonds. The number of carbonyl (C=O) groups excluding carboxylic acids is 1. The molecular weight excluding hydrogens is 346 g/mol. The summed E-state index contributed by atoms with van der Waals surface area (Å²) in [5.74, 6) is -1.02. The normalized spacial score (nSPS) is 10.6. The summed E-state index contributed by atoms with van der Waals surface area (Å²) in [6, 6.07) is 14.2. The van der Waals surface area contributed by atoms with Crippen LogP contribution in [0.1, 0.15) is 29.8 Å². The number of ether oxygens (including phenoxy) is 1. The second-order valence-electron chi connectivity index (χ2n) is 5.64. The lowest BCUT2D eigenvalue weighted by Gasteiger charge is -2.20. The Bertz CT molecular complexity index is 799. The molecule has 0 saturated heterocycles. The molecule has 27 heavy (non-hydrogen) atoms. The number of rotatable bonds is 9. The second kappa shape index (κ2) is 9.96. The number of amides is 1. The van der Waals surface area contributed by atoms with Crippen molar-refractivity contribution in [3.8, 4) is 5.75 Å². The van der Waals surface area contributed by atoms with Crippen molar-refractivity contribution in [3.05, 3.63) is 59.7 Å². The molecule has 0 heterocycles. The van der Waals surface area contributed by atoms with Crippen molar-refractivity contribution in [2.24, 2.45) is 5.10 Å². The second-order valence-corrected chi connectivity index (χ2v) is 5.64. The lowest BCUT2D eigenvalue weighted by molar-refractivity contribution is -0.139. The number of nitrogens with one attached hydrogen (secondary N) is 1. The van der Waals surface area contributed by atoms with Crippen LogP contribution in [-0.2, 0) is 4.79 Å². The van der Waals surface area contributed by atoms with E-state index in [1.165, 1.54) is 6.21 Å². The molecule has 0 aliphatic heterocycles. The maximum atomic E-state index is 12.2. The molecule has 0 aliphatic carbocycles. The summed E-state index contributed by atoms with van der Waals surface area (Å²) >= 11 is 0. The summed E-state index contributed by atoms with van der Waals surface area (Å²) in [7, 11) is 0. The molecule has 2 aromatic rings. The van der Waals surface area contributed by atoms with Gasteiger partial charge in [-0.25, -0.2) is 10.2 Å². The van der Waals surface area contributed by atoms with E-state index in [-0.39, 0.29) is 5.91 Å². The van der Waals surface area contributed by atoms with E-state index in [1.807, 2.05) is 12.1 Å². The number of hydrogen-bond acceptors (Lipinski definition) is 5. The predicted octanol–water partition coefficient (Wildman–Crippen LogP) is 2.76. The molecule has 2 N–H and O–H groups in total. The van der Waals surface area contributed by atoms with E-state index in [9.17, 15) is 9.59 Å². The minimum absolute atomic E-state index is 0.332. The van der Waals surface area contributed by atoms with Gasteiger partial charge >= 0.3 is 5.97 Å². The van der Waals surface area contributed by atoms with Crippen LogP contribution in [0.25, 0.3) is 0 Å². The zero-order chi connectivity index (χ0) is 19.6. The molecule has 2 rings (SSSR count). The number of aliphatic carboxylic acids is 1. The Morgan fingerprint density at radius 1 is 1.11 bits per heavy atom. The molecule has 0 atom stereocenters. The first-order valence-electron chi connectivity index (χ1n) is 8.67. The van der Waals surface area contributed by atoms with Crippen LogP contribution < -0.4 is 15.1 Å². The zero-order valence-corrected chi connectivity index (χ0v) is 15.4. The number of anilines is 1. The van der Waals surface area contributed by atoms with E-state index < -0.39 is 12.6 Å². The van der Waals surface area contributed by atoms with Crippen LogP contribution >= 0.6 is 0 Å². The average Bonchev–Trinajstić information content (AvgIpc) is 2.68. The molecule has 7 heteroatoms. The van der Waals surface area contributed by atoms with Gasteiger partial charge < -0.3 is 14.7 Å². The van der Waals surface area contributed by atoms with E-state index in [0.29, 0.717) is 16.9 Å². The van der Waals surface area contributed by atoms with Crippen molar-refractivity contribution in [2.75, 3.05) is 24.6 Å². The maximum Gasteiger partial charge on any atom is 0.341 e. The minimum Gasteiger partial charge on any atom is -0.481 e. The summed E-state index contributed by atoms with van der Waals surface area (Å²) in [5, 5.41) is 12.6. The number of nitrogens with zero attached hydrogens (tertiary/aromatic N) is 2.